The van der Waals surface area contributed by atoms with Gasteiger partial charge >= 0.3 is 5.97 Å². The van der Waals surface area contributed by atoms with Gasteiger partial charge in [-0.1, -0.05) is 24.3 Å². The standard InChI is InChI=1S/C21H25BrFNO4S/c1-20(2,3)29(26)24-21(13-19(25)27-4,15-8-7-9-16(23)12-15)14-28-18-11-6-5-10-17(18)22/h5-12,24H,13-14H2,1-4H3. The summed E-state index contributed by atoms with van der Waals surface area (Å²) in [4.78, 5) is 12.3. The summed E-state index contributed by atoms with van der Waals surface area (Å²) < 4.78 is 41.0. The van der Waals surface area contributed by atoms with Crippen molar-refractivity contribution in [3.63, 3.8) is 0 Å². The molecule has 0 heterocycles. The maximum atomic E-state index is 14.0. The first-order valence-electron chi connectivity index (χ1n) is 8.97. The van der Waals surface area contributed by atoms with E-state index in [9.17, 15) is 13.4 Å². The fourth-order valence-electron chi connectivity index (χ4n) is 2.56. The highest BCUT2D eigenvalue weighted by Crippen LogP contribution is 2.32. The predicted molar refractivity (Wildman–Crippen MR) is 115 cm³/mol. The molecule has 0 amide bonds. The van der Waals surface area contributed by atoms with Crippen LogP contribution in [0.4, 0.5) is 4.39 Å². The van der Waals surface area contributed by atoms with Gasteiger partial charge in [0.1, 0.15) is 18.2 Å². The van der Waals surface area contributed by atoms with E-state index < -0.39 is 33.1 Å². The van der Waals surface area contributed by atoms with Crippen molar-refractivity contribution in [1.82, 2.24) is 4.72 Å². The molecule has 0 saturated heterocycles. The van der Waals surface area contributed by atoms with Crippen LogP contribution in [-0.2, 0) is 26.1 Å². The second-order valence-corrected chi connectivity index (χ2v) is 10.4. The molecule has 8 heteroatoms. The summed E-state index contributed by atoms with van der Waals surface area (Å²) in [5, 5.41) is 0. The molecule has 0 spiro atoms. The van der Waals surface area contributed by atoms with E-state index >= 15 is 0 Å². The number of rotatable bonds is 8. The van der Waals surface area contributed by atoms with Crippen LogP contribution in [0.25, 0.3) is 0 Å². The van der Waals surface area contributed by atoms with Crippen LogP contribution in [0.2, 0.25) is 0 Å². The summed E-state index contributed by atoms with van der Waals surface area (Å²) in [5.41, 5.74) is -0.838. The number of para-hydroxylation sites is 1. The topological polar surface area (TPSA) is 64.6 Å². The zero-order chi connectivity index (χ0) is 21.7. The van der Waals surface area contributed by atoms with E-state index in [1.54, 1.807) is 32.9 Å². The van der Waals surface area contributed by atoms with E-state index in [1.807, 2.05) is 18.2 Å². The molecule has 158 valence electrons. The van der Waals surface area contributed by atoms with Crippen LogP contribution >= 0.6 is 15.9 Å². The molecule has 0 bridgehead atoms. The average molecular weight is 486 g/mol. The number of halogens is 2. The first kappa shape index (κ1) is 23.5. The molecular weight excluding hydrogens is 461 g/mol. The van der Waals surface area contributed by atoms with E-state index in [0.717, 1.165) is 4.47 Å². The Morgan fingerprint density at radius 3 is 2.45 bits per heavy atom. The lowest BCUT2D eigenvalue weighted by Crippen LogP contribution is -2.53. The summed E-state index contributed by atoms with van der Waals surface area (Å²) in [7, 11) is -0.296. The second kappa shape index (κ2) is 9.82. The third kappa shape index (κ3) is 6.35. The maximum Gasteiger partial charge on any atom is 0.307 e. The number of ether oxygens (including phenoxy) is 2. The summed E-state index contributed by atoms with van der Waals surface area (Å²) in [5.74, 6) is -0.467. The predicted octanol–water partition coefficient (Wildman–Crippen LogP) is 4.48. The van der Waals surface area contributed by atoms with Gasteiger partial charge in [-0.15, -0.1) is 0 Å². The van der Waals surface area contributed by atoms with Crippen molar-refractivity contribution in [3.05, 3.63) is 64.4 Å². The van der Waals surface area contributed by atoms with Crippen LogP contribution in [0.15, 0.2) is 53.0 Å². The molecular formula is C21H25BrFNO4S. The number of nitrogens with one attached hydrogen (secondary N) is 1. The zero-order valence-electron chi connectivity index (χ0n) is 16.8. The Labute approximate surface area is 181 Å². The second-order valence-electron chi connectivity index (χ2n) is 7.55. The van der Waals surface area contributed by atoms with Gasteiger partial charge in [0.25, 0.3) is 0 Å². The lowest BCUT2D eigenvalue weighted by Gasteiger charge is -2.36. The minimum atomic E-state index is -1.57. The van der Waals surface area contributed by atoms with Gasteiger partial charge in [-0.2, -0.15) is 0 Å². The van der Waals surface area contributed by atoms with Crippen LogP contribution in [0, 0.1) is 5.82 Å². The molecule has 2 unspecified atom stereocenters. The van der Waals surface area contributed by atoms with E-state index in [1.165, 1.54) is 25.3 Å². The molecule has 0 saturated carbocycles. The highest BCUT2D eigenvalue weighted by Gasteiger charge is 2.40. The number of hydrogen-bond donors (Lipinski definition) is 1. The SMILES string of the molecule is COC(=O)CC(COc1ccccc1Br)(NS(=O)C(C)(C)C)c1cccc(F)c1. The first-order valence-corrected chi connectivity index (χ1v) is 10.9. The van der Waals surface area contributed by atoms with Crippen molar-refractivity contribution < 1.29 is 22.9 Å². The Hall–Kier alpha value is -1.77. The van der Waals surface area contributed by atoms with Gasteiger partial charge < -0.3 is 9.47 Å². The van der Waals surface area contributed by atoms with Gasteiger partial charge in [0.15, 0.2) is 0 Å². The monoisotopic (exact) mass is 485 g/mol. The van der Waals surface area contributed by atoms with E-state index in [-0.39, 0.29) is 13.0 Å². The van der Waals surface area contributed by atoms with Crippen molar-refractivity contribution in [3.8, 4) is 5.75 Å². The summed E-state index contributed by atoms with van der Waals surface area (Å²) in [6.07, 6.45) is -0.195. The molecule has 2 atom stereocenters. The highest BCUT2D eigenvalue weighted by atomic mass is 79.9. The molecule has 0 aliphatic rings. The summed E-state index contributed by atoms with van der Waals surface area (Å²) in [6.45, 7) is 5.34. The zero-order valence-corrected chi connectivity index (χ0v) is 19.2. The number of hydrogen-bond acceptors (Lipinski definition) is 4. The quantitative estimate of drug-likeness (QED) is 0.559. The van der Waals surface area contributed by atoms with Crippen LogP contribution in [0.1, 0.15) is 32.8 Å². The van der Waals surface area contributed by atoms with Crippen LogP contribution in [0.5, 0.6) is 5.75 Å². The smallest absolute Gasteiger partial charge is 0.307 e. The minimum absolute atomic E-state index is 0.0734. The van der Waals surface area contributed by atoms with Gasteiger partial charge in [0, 0.05) is 0 Å². The highest BCUT2D eigenvalue weighted by molar-refractivity contribution is 9.10. The fourth-order valence-corrected chi connectivity index (χ4v) is 3.87. The largest absolute Gasteiger partial charge is 0.490 e. The molecule has 0 aliphatic carbocycles. The third-order valence-corrected chi connectivity index (χ3v) is 6.55. The van der Waals surface area contributed by atoms with Crippen molar-refractivity contribution in [1.29, 1.82) is 0 Å². The molecule has 2 aromatic rings. The van der Waals surface area contributed by atoms with E-state index in [2.05, 4.69) is 20.7 Å². The Balaban J connectivity index is 2.52. The van der Waals surface area contributed by atoms with Gasteiger partial charge in [-0.25, -0.2) is 13.3 Å². The fraction of sp³-hybridized carbons (Fsp3) is 0.381. The molecule has 29 heavy (non-hydrogen) atoms. The van der Waals surface area contributed by atoms with Crippen molar-refractivity contribution in [2.24, 2.45) is 0 Å². The van der Waals surface area contributed by atoms with Gasteiger partial charge in [0.05, 0.1) is 39.3 Å². The third-order valence-electron chi connectivity index (χ3n) is 4.21. The van der Waals surface area contributed by atoms with Crippen molar-refractivity contribution in [2.75, 3.05) is 13.7 Å². The normalized spacial score (nSPS) is 14.7. The molecule has 2 aromatic carbocycles. The molecule has 5 nitrogen and oxygen atoms in total. The van der Waals surface area contributed by atoms with E-state index in [0.29, 0.717) is 11.3 Å². The van der Waals surface area contributed by atoms with Crippen molar-refractivity contribution in [2.45, 2.75) is 37.5 Å². The maximum absolute atomic E-state index is 14.0. The Bertz CT molecular complexity index is 887. The molecule has 2 rings (SSSR count). The van der Waals surface area contributed by atoms with Crippen molar-refractivity contribution >= 4 is 32.9 Å². The number of methoxy groups -OCH3 is 1. The van der Waals surface area contributed by atoms with Crippen LogP contribution < -0.4 is 9.46 Å². The Kier molecular flexibility index (Phi) is 7.96. The Morgan fingerprint density at radius 2 is 1.86 bits per heavy atom. The number of carbonyl (C=O) groups excluding carboxylic acids is 1. The molecule has 1 N–H and O–H groups in total. The van der Waals surface area contributed by atoms with Gasteiger partial charge in [0.2, 0.25) is 0 Å². The number of benzene rings is 2. The lowest BCUT2D eigenvalue weighted by atomic mass is 9.88. The summed E-state index contributed by atoms with van der Waals surface area (Å²) in [6, 6.07) is 13.1. The molecule has 0 fully saturated rings. The van der Waals surface area contributed by atoms with E-state index in [4.69, 9.17) is 9.47 Å². The molecule has 0 radical (unpaired) electrons. The van der Waals surface area contributed by atoms with Crippen LogP contribution in [-0.4, -0.2) is 28.6 Å². The first-order chi connectivity index (χ1) is 13.6. The molecule has 0 aromatic heterocycles. The average Bonchev–Trinajstić information content (AvgIpc) is 2.66. The van der Waals surface area contributed by atoms with Crippen LogP contribution in [0.3, 0.4) is 0 Å². The molecule has 0 aliphatic heterocycles. The number of carbonyl (C=O) groups is 1. The number of esters is 1. The minimum Gasteiger partial charge on any atom is -0.490 e. The summed E-state index contributed by atoms with van der Waals surface area (Å²) >= 11 is 3.42. The van der Waals surface area contributed by atoms with Gasteiger partial charge in [-0.3, -0.25) is 4.79 Å². The lowest BCUT2D eigenvalue weighted by molar-refractivity contribution is -0.142. The van der Waals surface area contributed by atoms with Gasteiger partial charge in [-0.05, 0) is 66.5 Å². The Morgan fingerprint density at radius 1 is 1.17 bits per heavy atom.